The molecule has 1 atom stereocenters. The number of likely N-dealkylation sites (tertiary alicyclic amines) is 1. The minimum atomic E-state index is -0.345. The maximum atomic E-state index is 12.3. The summed E-state index contributed by atoms with van der Waals surface area (Å²) in [6, 6.07) is 1.68. The van der Waals surface area contributed by atoms with Crippen LogP contribution >= 0.6 is 0 Å². The molecule has 0 aliphatic carbocycles. The highest BCUT2D eigenvalue weighted by molar-refractivity contribution is 5.92. The fraction of sp³-hybridized carbons (Fsp3) is 0.600. The lowest BCUT2D eigenvalue weighted by Gasteiger charge is -2.20. The molecule has 2 heterocycles. The highest BCUT2D eigenvalue weighted by Gasteiger charge is 2.26. The number of rotatable bonds is 3. The molecule has 1 aliphatic heterocycles. The van der Waals surface area contributed by atoms with Crippen LogP contribution in [-0.4, -0.2) is 42.2 Å². The molecule has 1 fully saturated rings. The second kappa shape index (κ2) is 5.79. The first-order chi connectivity index (χ1) is 9.45. The Morgan fingerprint density at radius 3 is 2.70 bits per heavy atom. The lowest BCUT2D eigenvalue weighted by molar-refractivity contribution is 0.0523. The minimum Gasteiger partial charge on any atom is -0.462 e. The number of pyridine rings is 1. The summed E-state index contributed by atoms with van der Waals surface area (Å²) < 4.78 is 6.86. The van der Waals surface area contributed by atoms with E-state index in [4.69, 9.17) is 4.74 Å². The Hall–Kier alpha value is -1.62. The molecule has 110 valence electrons. The van der Waals surface area contributed by atoms with Gasteiger partial charge in [-0.05, 0) is 46.3 Å². The van der Waals surface area contributed by atoms with E-state index in [9.17, 15) is 9.59 Å². The van der Waals surface area contributed by atoms with Gasteiger partial charge in [-0.25, -0.2) is 4.79 Å². The standard InChI is InChI=1S/C15H22N2O3/c1-5-20-15(19)14-10(2)8-13(18)17(11(14)3)12-6-7-16(4)9-12/h8,12H,5-7,9H2,1-4H3. The summed E-state index contributed by atoms with van der Waals surface area (Å²) in [5.74, 6) is -0.345. The number of ether oxygens (including phenoxy) is 1. The van der Waals surface area contributed by atoms with Crippen LogP contribution in [0.3, 0.4) is 0 Å². The zero-order valence-corrected chi connectivity index (χ0v) is 12.6. The van der Waals surface area contributed by atoms with Crippen LogP contribution in [0, 0.1) is 13.8 Å². The van der Waals surface area contributed by atoms with Gasteiger partial charge in [-0.2, -0.15) is 0 Å². The van der Waals surface area contributed by atoms with Crippen LogP contribution in [0.4, 0.5) is 0 Å². The second-order valence-electron chi connectivity index (χ2n) is 5.42. The maximum Gasteiger partial charge on any atom is 0.340 e. The van der Waals surface area contributed by atoms with Crippen LogP contribution in [0.25, 0.3) is 0 Å². The van der Waals surface area contributed by atoms with E-state index in [-0.39, 0.29) is 17.6 Å². The van der Waals surface area contributed by atoms with Crippen LogP contribution in [0.2, 0.25) is 0 Å². The smallest absolute Gasteiger partial charge is 0.340 e. The molecule has 1 aromatic heterocycles. The van der Waals surface area contributed by atoms with Gasteiger partial charge in [0.15, 0.2) is 0 Å². The Kier molecular flexibility index (Phi) is 4.28. The Balaban J connectivity index is 2.50. The molecule has 1 saturated heterocycles. The SMILES string of the molecule is CCOC(=O)c1c(C)cc(=O)n(C2CCN(C)C2)c1C. The number of carbonyl (C=O) groups excluding carboxylic acids is 1. The molecule has 2 rings (SSSR count). The molecule has 1 aliphatic rings. The van der Waals surface area contributed by atoms with Crippen molar-refractivity contribution in [1.82, 2.24) is 9.47 Å². The van der Waals surface area contributed by atoms with E-state index in [1.54, 1.807) is 18.4 Å². The summed E-state index contributed by atoms with van der Waals surface area (Å²) >= 11 is 0. The van der Waals surface area contributed by atoms with Crippen molar-refractivity contribution in [2.75, 3.05) is 26.7 Å². The van der Waals surface area contributed by atoms with Crippen LogP contribution in [0.15, 0.2) is 10.9 Å². The number of aromatic nitrogens is 1. The number of aryl methyl sites for hydroxylation is 1. The molecule has 1 unspecified atom stereocenters. The van der Waals surface area contributed by atoms with E-state index < -0.39 is 0 Å². The summed E-state index contributed by atoms with van der Waals surface area (Å²) in [7, 11) is 2.04. The molecule has 0 N–H and O–H groups in total. The first-order valence-corrected chi connectivity index (χ1v) is 7.04. The summed E-state index contributed by atoms with van der Waals surface area (Å²) in [6.45, 7) is 7.55. The maximum absolute atomic E-state index is 12.3. The molecule has 0 aromatic carbocycles. The van der Waals surface area contributed by atoms with Crippen molar-refractivity contribution < 1.29 is 9.53 Å². The van der Waals surface area contributed by atoms with Gasteiger partial charge in [0.2, 0.25) is 0 Å². The first kappa shape index (κ1) is 14.8. The van der Waals surface area contributed by atoms with Crippen molar-refractivity contribution in [2.45, 2.75) is 33.2 Å². The quantitative estimate of drug-likeness (QED) is 0.787. The van der Waals surface area contributed by atoms with Crippen LogP contribution in [0.1, 0.15) is 41.0 Å². The van der Waals surface area contributed by atoms with E-state index in [0.717, 1.165) is 19.5 Å². The third-order valence-electron chi connectivity index (χ3n) is 3.91. The second-order valence-corrected chi connectivity index (χ2v) is 5.42. The Morgan fingerprint density at radius 2 is 2.15 bits per heavy atom. The van der Waals surface area contributed by atoms with Crippen molar-refractivity contribution in [3.05, 3.63) is 33.2 Å². The number of carbonyl (C=O) groups is 1. The van der Waals surface area contributed by atoms with Crippen LogP contribution in [-0.2, 0) is 4.74 Å². The zero-order chi connectivity index (χ0) is 14.9. The Bertz CT molecular complexity index is 577. The fourth-order valence-corrected chi connectivity index (χ4v) is 2.99. The van der Waals surface area contributed by atoms with Crippen molar-refractivity contribution in [3.63, 3.8) is 0 Å². The zero-order valence-electron chi connectivity index (χ0n) is 12.6. The molecule has 0 bridgehead atoms. The molecule has 20 heavy (non-hydrogen) atoms. The summed E-state index contributed by atoms with van der Waals surface area (Å²) in [5, 5.41) is 0. The average molecular weight is 278 g/mol. The van der Waals surface area contributed by atoms with Gasteiger partial charge in [0.25, 0.3) is 5.56 Å². The number of hydrogen-bond donors (Lipinski definition) is 0. The minimum absolute atomic E-state index is 0.0339. The first-order valence-electron chi connectivity index (χ1n) is 7.04. The number of likely N-dealkylation sites (N-methyl/N-ethyl adjacent to an activating group) is 1. The predicted octanol–water partition coefficient (Wildman–Crippen LogP) is 1.52. The predicted molar refractivity (Wildman–Crippen MR) is 77.3 cm³/mol. The molecule has 5 heteroatoms. The molecule has 1 aromatic rings. The molecule has 0 amide bonds. The molecule has 0 spiro atoms. The van der Waals surface area contributed by atoms with Crippen molar-refractivity contribution in [2.24, 2.45) is 0 Å². The Labute approximate surface area is 119 Å². The highest BCUT2D eigenvalue weighted by Crippen LogP contribution is 2.23. The van der Waals surface area contributed by atoms with Crippen LogP contribution < -0.4 is 5.56 Å². The summed E-state index contributed by atoms with van der Waals surface area (Å²) in [5.41, 5.74) is 1.90. The van der Waals surface area contributed by atoms with Crippen molar-refractivity contribution in [1.29, 1.82) is 0 Å². The molecular formula is C15H22N2O3. The van der Waals surface area contributed by atoms with Gasteiger partial charge in [0.1, 0.15) is 0 Å². The molecule has 0 saturated carbocycles. The Morgan fingerprint density at radius 1 is 1.45 bits per heavy atom. The van der Waals surface area contributed by atoms with Gasteiger partial charge >= 0.3 is 5.97 Å². The molecule has 5 nitrogen and oxygen atoms in total. The fourth-order valence-electron chi connectivity index (χ4n) is 2.99. The van der Waals surface area contributed by atoms with E-state index in [2.05, 4.69) is 4.90 Å². The molecule has 0 radical (unpaired) electrons. The lowest BCUT2D eigenvalue weighted by Crippen LogP contribution is -2.31. The third-order valence-corrected chi connectivity index (χ3v) is 3.91. The van der Waals surface area contributed by atoms with Crippen molar-refractivity contribution in [3.8, 4) is 0 Å². The van der Waals surface area contributed by atoms with Gasteiger partial charge in [0, 0.05) is 18.3 Å². The van der Waals surface area contributed by atoms with Gasteiger partial charge in [-0.15, -0.1) is 0 Å². The summed E-state index contributed by atoms with van der Waals surface area (Å²) in [4.78, 5) is 26.6. The van der Waals surface area contributed by atoms with E-state index >= 15 is 0 Å². The van der Waals surface area contributed by atoms with E-state index in [1.807, 2.05) is 14.0 Å². The van der Waals surface area contributed by atoms with Gasteiger partial charge in [-0.1, -0.05) is 0 Å². The number of esters is 1. The monoisotopic (exact) mass is 278 g/mol. The van der Waals surface area contributed by atoms with E-state index in [1.165, 1.54) is 6.07 Å². The van der Waals surface area contributed by atoms with Crippen LogP contribution in [0.5, 0.6) is 0 Å². The third kappa shape index (κ3) is 2.63. The average Bonchev–Trinajstić information content (AvgIpc) is 2.75. The lowest BCUT2D eigenvalue weighted by atomic mass is 10.1. The highest BCUT2D eigenvalue weighted by atomic mass is 16.5. The molecular weight excluding hydrogens is 256 g/mol. The normalized spacial score (nSPS) is 19.3. The summed E-state index contributed by atoms with van der Waals surface area (Å²) in [6.07, 6.45) is 0.933. The number of hydrogen-bond acceptors (Lipinski definition) is 4. The van der Waals surface area contributed by atoms with E-state index in [0.29, 0.717) is 23.4 Å². The number of nitrogens with zero attached hydrogens (tertiary/aromatic N) is 2. The van der Waals surface area contributed by atoms with Gasteiger partial charge in [0.05, 0.1) is 18.2 Å². The van der Waals surface area contributed by atoms with Gasteiger partial charge < -0.3 is 14.2 Å². The van der Waals surface area contributed by atoms with Crippen molar-refractivity contribution >= 4 is 5.97 Å². The topological polar surface area (TPSA) is 51.5 Å². The largest absolute Gasteiger partial charge is 0.462 e. The van der Waals surface area contributed by atoms with Gasteiger partial charge in [-0.3, -0.25) is 4.79 Å².